The van der Waals surface area contributed by atoms with Crippen LogP contribution < -0.4 is 5.43 Å². The van der Waals surface area contributed by atoms with Gasteiger partial charge in [0.2, 0.25) is 0 Å². The van der Waals surface area contributed by atoms with Gasteiger partial charge < -0.3 is 0 Å². The van der Waals surface area contributed by atoms with E-state index in [9.17, 15) is 0 Å². The van der Waals surface area contributed by atoms with E-state index < -0.39 is 0 Å². The molecular formula is C15H24N2S. The number of nitrogens with zero attached hydrogens (tertiary/aromatic N) is 1. The quantitative estimate of drug-likeness (QED) is 0.647. The Morgan fingerprint density at radius 2 is 1.83 bits per heavy atom. The van der Waals surface area contributed by atoms with Gasteiger partial charge in [-0.05, 0) is 38.8 Å². The maximum Gasteiger partial charge on any atom is 0.0218 e. The molecule has 2 nitrogen and oxygen atoms in total. The van der Waals surface area contributed by atoms with Crippen LogP contribution in [0.15, 0.2) is 35.2 Å². The molecular weight excluding hydrogens is 240 g/mol. The number of benzene rings is 1. The number of piperidine rings is 1. The summed E-state index contributed by atoms with van der Waals surface area (Å²) in [6.45, 7) is 5.70. The van der Waals surface area contributed by atoms with Crippen LogP contribution in [-0.2, 0) is 0 Å². The van der Waals surface area contributed by atoms with Crippen molar-refractivity contribution >= 4 is 11.8 Å². The standard InChI is InChI=1S/C15H24N2S/c1-13-7-6-8-14(2)17(13)16-11-12-18-15-9-4-3-5-10-15/h3-5,9-10,13-14,16H,6-8,11-12H2,1-2H3. The summed E-state index contributed by atoms with van der Waals surface area (Å²) in [6, 6.07) is 12.0. The predicted molar refractivity (Wildman–Crippen MR) is 79.8 cm³/mol. The van der Waals surface area contributed by atoms with E-state index in [1.54, 1.807) is 0 Å². The lowest BCUT2D eigenvalue weighted by Gasteiger charge is -2.39. The van der Waals surface area contributed by atoms with Crippen LogP contribution in [0.5, 0.6) is 0 Å². The smallest absolute Gasteiger partial charge is 0.0218 e. The Morgan fingerprint density at radius 3 is 2.50 bits per heavy atom. The van der Waals surface area contributed by atoms with Crippen LogP contribution in [0.3, 0.4) is 0 Å². The lowest BCUT2D eigenvalue weighted by molar-refractivity contribution is 0.0492. The number of hydrogen-bond acceptors (Lipinski definition) is 3. The molecule has 1 fully saturated rings. The van der Waals surface area contributed by atoms with Gasteiger partial charge in [-0.2, -0.15) is 0 Å². The molecule has 1 aliphatic rings. The van der Waals surface area contributed by atoms with Crippen LogP contribution in [0.2, 0.25) is 0 Å². The molecule has 1 heterocycles. The first-order valence-corrected chi connectivity index (χ1v) is 7.95. The highest BCUT2D eigenvalue weighted by molar-refractivity contribution is 7.99. The fourth-order valence-electron chi connectivity index (χ4n) is 2.59. The molecule has 1 aromatic rings. The van der Waals surface area contributed by atoms with Gasteiger partial charge in [0.25, 0.3) is 0 Å². The maximum atomic E-state index is 3.60. The largest absolute Gasteiger partial charge is 0.254 e. The normalized spacial score (nSPS) is 25.2. The first kappa shape index (κ1) is 13.9. The van der Waals surface area contributed by atoms with Crippen LogP contribution in [0.4, 0.5) is 0 Å². The summed E-state index contributed by atoms with van der Waals surface area (Å²) in [7, 11) is 0. The molecule has 100 valence electrons. The lowest BCUT2D eigenvalue weighted by Crippen LogP contribution is -2.52. The molecule has 0 amide bonds. The van der Waals surface area contributed by atoms with Gasteiger partial charge in [0.1, 0.15) is 0 Å². The van der Waals surface area contributed by atoms with Gasteiger partial charge in [0.15, 0.2) is 0 Å². The third-order valence-electron chi connectivity index (χ3n) is 3.60. The zero-order valence-corrected chi connectivity index (χ0v) is 12.2. The zero-order chi connectivity index (χ0) is 12.8. The monoisotopic (exact) mass is 264 g/mol. The van der Waals surface area contributed by atoms with Crippen molar-refractivity contribution in [3.8, 4) is 0 Å². The van der Waals surface area contributed by atoms with Crippen LogP contribution in [0.25, 0.3) is 0 Å². The number of hydrogen-bond donors (Lipinski definition) is 1. The summed E-state index contributed by atoms with van der Waals surface area (Å²) in [6.07, 6.45) is 4.02. The predicted octanol–water partition coefficient (Wildman–Crippen LogP) is 3.55. The Morgan fingerprint density at radius 1 is 1.17 bits per heavy atom. The molecule has 2 unspecified atom stereocenters. The lowest BCUT2D eigenvalue weighted by atomic mass is 10.00. The van der Waals surface area contributed by atoms with Crippen molar-refractivity contribution in [1.82, 2.24) is 10.4 Å². The van der Waals surface area contributed by atoms with E-state index >= 15 is 0 Å². The van der Waals surface area contributed by atoms with Crippen molar-refractivity contribution in [2.45, 2.75) is 50.1 Å². The second-order valence-electron chi connectivity index (χ2n) is 5.11. The van der Waals surface area contributed by atoms with Crippen molar-refractivity contribution in [1.29, 1.82) is 0 Å². The fourth-order valence-corrected chi connectivity index (χ4v) is 3.37. The number of nitrogens with one attached hydrogen (secondary N) is 1. The van der Waals surface area contributed by atoms with Gasteiger partial charge in [0.05, 0.1) is 0 Å². The highest BCUT2D eigenvalue weighted by Crippen LogP contribution is 2.20. The average Bonchev–Trinajstić information content (AvgIpc) is 2.38. The first-order valence-electron chi connectivity index (χ1n) is 6.97. The van der Waals surface area contributed by atoms with Crippen molar-refractivity contribution in [2.24, 2.45) is 0 Å². The maximum absolute atomic E-state index is 3.60. The number of rotatable bonds is 5. The molecule has 1 N–H and O–H groups in total. The molecule has 0 saturated carbocycles. The molecule has 2 rings (SSSR count). The topological polar surface area (TPSA) is 15.3 Å². The summed E-state index contributed by atoms with van der Waals surface area (Å²) in [5, 5.41) is 2.45. The van der Waals surface area contributed by atoms with E-state index in [1.807, 2.05) is 11.8 Å². The van der Waals surface area contributed by atoms with Gasteiger partial charge >= 0.3 is 0 Å². The van der Waals surface area contributed by atoms with E-state index in [0.29, 0.717) is 12.1 Å². The van der Waals surface area contributed by atoms with Gasteiger partial charge in [0, 0.05) is 29.3 Å². The summed E-state index contributed by atoms with van der Waals surface area (Å²) in [5.41, 5.74) is 3.60. The third-order valence-corrected chi connectivity index (χ3v) is 4.62. The summed E-state index contributed by atoms with van der Waals surface area (Å²) < 4.78 is 0. The zero-order valence-electron chi connectivity index (χ0n) is 11.4. The minimum absolute atomic E-state index is 0.676. The summed E-state index contributed by atoms with van der Waals surface area (Å²) in [4.78, 5) is 1.36. The summed E-state index contributed by atoms with van der Waals surface area (Å²) in [5.74, 6) is 1.12. The van der Waals surface area contributed by atoms with Crippen molar-refractivity contribution in [2.75, 3.05) is 12.3 Å². The fraction of sp³-hybridized carbons (Fsp3) is 0.600. The SMILES string of the molecule is CC1CCCC(C)N1NCCSc1ccccc1. The van der Waals surface area contributed by atoms with E-state index in [0.717, 1.165) is 12.3 Å². The van der Waals surface area contributed by atoms with Gasteiger partial charge in [-0.25, -0.2) is 5.01 Å². The Hall–Kier alpha value is -0.510. The highest BCUT2D eigenvalue weighted by Gasteiger charge is 2.23. The Bertz CT molecular complexity index is 332. The van der Waals surface area contributed by atoms with Crippen molar-refractivity contribution in [3.63, 3.8) is 0 Å². The molecule has 0 bridgehead atoms. The van der Waals surface area contributed by atoms with Crippen molar-refractivity contribution < 1.29 is 0 Å². The number of thioether (sulfide) groups is 1. The van der Waals surface area contributed by atoms with Crippen LogP contribution in [-0.4, -0.2) is 29.4 Å². The molecule has 1 aliphatic heterocycles. The Kier molecular flexibility index (Phi) is 5.54. The van der Waals surface area contributed by atoms with Gasteiger partial charge in [-0.15, -0.1) is 11.8 Å². The molecule has 2 atom stereocenters. The average molecular weight is 264 g/mol. The molecule has 3 heteroatoms. The minimum atomic E-state index is 0.676. The Balaban J connectivity index is 1.68. The number of hydrazine groups is 1. The van der Waals surface area contributed by atoms with Crippen molar-refractivity contribution in [3.05, 3.63) is 30.3 Å². The van der Waals surface area contributed by atoms with E-state index in [2.05, 4.69) is 54.6 Å². The summed E-state index contributed by atoms with van der Waals surface area (Å²) >= 11 is 1.92. The van der Waals surface area contributed by atoms with Gasteiger partial charge in [-0.1, -0.05) is 24.6 Å². The third kappa shape index (κ3) is 4.01. The molecule has 0 aromatic heterocycles. The second-order valence-corrected chi connectivity index (χ2v) is 6.27. The molecule has 18 heavy (non-hydrogen) atoms. The molecule has 0 radical (unpaired) electrons. The highest BCUT2D eigenvalue weighted by atomic mass is 32.2. The molecule has 0 aliphatic carbocycles. The van der Waals surface area contributed by atoms with Crippen LogP contribution >= 0.6 is 11.8 Å². The Labute approximate surface area is 115 Å². The van der Waals surface area contributed by atoms with Crippen LogP contribution in [0.1, 0.15) is 33.1 Å². The first-order chi connectivity index (χ1) is 8.77. The minimum Gasteiger partial charge on any atom is -0.254 e. The van der Waals surface area contributed by atoms with E-state index in [1.165, 1.54) is 24.2 Å². The van der Waals surface area contributed by atoms with Gasteiger partial charge in [-0.3, -0.25) is 5.43 Å². The van der Waals surface area contributed by atoms with E-state index in [-0.39, 0.29) is 0 Å². The molecule has 1 aromatic carbocycles. The molecule has 0 spiro atoms. The van der Waals surface area contributed by atoms with E-state index in [4.69, 9.17) is 0 Å². The van der Waals surface area contributed by atoms with Crippen LogP contribution in [0, 0.1) is 0 Å². The molecule has 1 saturated heterocycles. The second kappa shape index (κ2) is 7.17.